The number of rotatable bonds is 1. The molecule has 0 atom stereocenters. The van der Waals surface area contributed by atoms with Gasteiger partial charge in [0, 0.05) is 28.1 Å². The lowest BCUT2D eigenvalue weighted by molar-refractivity contribution is 0.628. The highest BCUT2D eigenvalue weighted by atomic mass is 19.1. The van der Waals surface area contributed by atoms with E-state index in [9.17, 15) is 4.39 Å². The summed E-state index contributed by atoms with van der Waals surface area (Å²) in [5.74, 6) is -0.200. The second-order valence-electron chi connectivity index (χ2n) is 6.72. The van der Waals surface area contributed by atoms with Gasteiger partial charge in [-0.25, -0.2) is 4.39 Å². The molecular formula is C20H18FN3. The standard InChI is InChI=1S/C20H18FN3/c21-13-7-5-12(6-8-13)20-15-4-2-1-3-14(15)19-16-11-22-24-17(16)9-10-18(19)23-20/h5-8,11H,1-4,9-10H2,(H,22,24). The van der Waals surface area contributed by atoms with Crippen LogP contribution in [0.5, 0.6) is 0 Å². The maximum Gasteiger partial charge on any atom is 0.123 e. The molecule has 0 fully saturated rings. The average molecular weight is 319 g/mol. The summed E-state index contributed by atoms with van der Waals surface area (Å²) in [6.07, 6.45) is 8.40. The Balaban J connectivity index is 1.78. The van der Waals surface area contributed by atoms with Crippen LogP contribution in [0.3, 0.4) is 0 Å². The predicted octanol–water partition coefficient (Wildman–Crippen LogP) is 4.26. The number of fused-ring (bicyclic) bond motifs is 5. The maximum atomic E-state index is 13.3. The lowest BCUT2D eigenvalue weighted by Crippen LogP contribution is -2.15. The zero-order valence-corrected chi connectivity index (χ0v) is 13.4. The number of aromatic nitrogens is 3. The summed E-state index contributed by atoms with van der Waals surface area (Å²) in [6, 6.07) is 6.76. The Morgan fingerprint density at radius 2 is 1.71 bits per heavy atom. The minimum absolute atomic E-state index is 0.200. The second kappa shape index (κ2) is 5.26. The van der Waals surface area contributed by atoms with Crippen molar-refractivity contribution in [3.05, 3.63) is 58.8 Å². The number of hydrogen-bond acceptors (Lipinski definition) is 2. The third-order valence-corrected chi connectivity index (χ3v) is 5.31. The fraction of sp³-hybridized carbons (Fsp3) is 0.300. The molecule has 24 heavy (non-hydrogen) atoms. The molecule has 1 aromatic carbocycles. The third kappa shape index (κ3) is 2.02. The first-order chi connectivity index (χ1) is 11.8. The topological polar surface area (TPSA) is 41.6 Å². The van der Waals surface area contributed by atoms with Gasteiger partial charge >= 0.3 is 0 Å². The number of aryl methyl sites for hydroxylation is 2. The van der Waals surface area contributed by atoms with Gasteiger partial charge in [-0.05, 0) is 73.9 Å². The molecule has 0 unspecified atom stereocenters. The van der Waals surface area contributed by atoms with E-state index in [1.54, 1.807) is 0 Å². The molecule has 3 nitrogen and oxygen atoms in total. The molecule has 2 aliphatic carbocycles. The number of aromatic amines is 1. The number of benzene rings is 1. The first-order valence-electron chi connectivity index (χ1n) is 8.64. The van der Waals surface area contributed by atoms with E-state index in [0.29, 0.717) is 0 Å². The Bertz CT molecular complexity index is 925. The van der Waals surface area contributed by atoms with Crippen LogP contribution in [0.4, 0.5) is 4.39 Å². The van der Waals surface area contributed by atoms with Crippen molar-refractivity contribution >= 4 is 0 Å². The van der Waals surface area contributed by atoms with E-state index in [2.05, 4.69) is 10.2 Å². The molecule has 120 valence electrons. The average Bonchev–Trinajstić information content (AvgIpc) is 3.10. The monoisotopic (exact) mass is 319 g/mol. The molecular weight excluding hydrogens is 301 g/mol. The van der Waals surface area contributed by atoms with Crippen LogP contribution in [0, 0.1) is 5.82 Å². The van der Waals surface area contributed by atoms with E-state index < -0.39 is 0 Å². The van der Waals surface area contributed by atoms with Crippen molar-refractivity contribution in [3.8, 4) is 22.4 Å². The van der Waals surface area contributed by atoms with Crippen LogP contribution in [0.2, 0.25) is 0 Å². The fourth-order valence-electron chi connectivity index (χ4n) is 4.18. The molecule has 2 aliphatic rings. The highest BCUT2D eigenvalue weighted by Gasteiger charge is 2.27. The summed E-state index contributed by atoms with van der Waals surface area (Å²) in [5.41, 5.74) is 9.80. The summed E-state index contributed by atoms with van der Waals surface area (Å²) in [4.78, 5) is 5.04. The number of nitrogens with zero attached hydrogens (tertiary/aromatic N) is 2. The lowest BCUT2D eigenvalue weighted by Gasteiger charge is -2.27. The van der Waals surface area contributed by atoms with Crippen molar-refractivity contribution in [1.29, 1.82) is 0 Å². The summed E-state index contributed by atoms with van der Waals surface area (Å²) in [7, 11) is 0. The maximum absolute atomic E-state index is 13.3. The molecule has 0 bridgehead atoms. The van der Waals surface area contributed by atoms with Crippen LogP contribution in [0.1, 0.15) is 35.4 Å². The van der Waals surface area contributed by atoms with Crippen molar-refractivity contribution in [1.82, 2.24) is 15.2 Å². The summed E-state index contributed by atoms with van der Waals surface area (Å²) in [6.45, 7) is 0. The molecule has 0 spiro atoms. The first kappa shape index (κ1) is 13.9. The first-order valence-corrected chi connectivity index (χ1v) is 8.64. The zero-order valence-electron chi connectivity index (χ0n) is 13.4. The molecule has 5 rings (SSSR count). The van der Waals surface area contributed by atoms with Crippen LogP contribution >= 0.6 is 0 Å². The number of nitrogens with one attached hydrogen (secondary N) is 1. The predicted molar refractivity (Wildman–Crippen MR) is 91.3 cm³/mol. The van der Waals surface area contributed by atoms with Crippen molar-refractivity contribution in [2.75, 3.05) is 0 Å². The van der Waals surface area contributed by atoms with Gasteiger partial charge in [-0.1, -0.05) is 0 Å². The second-order valence-corrected chi connectivity index (χ2v) is 6.72. The smallest absolute Gasteiger partial charge is 0.123 e. The molecule has 3 aromatic rings. The minimum Gasteiger partial charge on any atom is -0.282 e. The van der Waals surface area contributed by atoms with Gasteiger partial charge in [-0.3, -0.25) is 10.1 Å². The molecule has 0 aliphatic heterocycles. The van der Waals surface area contributed by atoms with Gasteiger partial charge in [0.25, 0.3) is 0 Å². The van der Waals surface area contributed by atoms with Gasteiger partial charge in [0.15, 0.2) is 0 Å². The van der Waals surface area contributed by atoms with Crippen LogP contribution in [-0.2, 0) is 25.7 Å². The van der Waals surface area contributed by atoms with Gasteiger partial charge in [-0.15, -0.1) is 0 Å². The number of halogens is 1. The normalized spacial score (nSPS) is 15.5. The molecule has 0 radical (unpaired) electrons. The molecule has 0 saturated heterocycles. The Kier molecular flexibility index (Phi) is 3.05. The van der Waals surface area contributed by atoms with Crippen molar-refractivity contribution in [3.63, 3.8) is 0 Å². The quantitative estimate of drug-likeness (QED) is 0.728. The van der Waals surface area contributed by atoms with E-state index >= 15 is 0 Å². The Morgan fingerprint density at radius 3 is 2.54 bits per heavy atom. The fourth-order valence-corrected chi connectivity index (χ4v) is 4.18. The van der Waals surface area contributed by atoms with Gasteiger partial charge in [-0.2, -0.15) is 5.10 Å². The lowest BCUT2D eigenvalue weighted by atomic mass is 9.80. The minimum atomic E-state index is -0.200. The molecule has 2 heterocycles. The highest BCUT2D eigenvalue weighted by Crippen LogP contribution is 2.41. The van der Waals surface area contributed by atoms with E-state index in [-0.39, 0.29) is 5.82 Å². The number of pyridine rings is 1. The van der Waals surface area contributed by atoms with Crippen LogP contribution in [0.15, 0.2) is 30.5 Å². The SMILES string of the molecule is Fc1ccc(-c2nc3c(c4c2CCCC4)-c2cn[nH]c2CC3)cc1. The molecule has 0 amide bonds. The summed E-state index contributed by atoms with van der Waals surface area (Å²) in [5, 5.41) is 7.39. The van der Waals surface area contributed by atoms with E-state index in [0.717, 1.165) is 36.9 Å². The van der Waals surface area contributed by atoms with E-state index in [4.69, 9.17) is 4.98 Å². The van der Waals surface area contributed by atoms with E-state index in [1.807, 2.05) is 18.3 Å². The van der Waals surface area contributed by atoms with Crippen LogP contribution in [0.25, 0.3) is 22.4 Å². The Morgan fingerprint density at radius 1 is 0.917 bits per heavy atom. The van der Waals surface area contributed by atoms with Crippen LogP contribution < -0.4 is 0 Å². The molecule has 1 N–H and O–H groups in total. The molecule has 2 aromatic heterocycles. The van der Waals surface area contributed by atoms with E-state index in [1.165, 1.54) is 58.6 Å². The van der Waals surface area contributed by atoms with Gasteiger partial charge in [0.1, 0.15) is 5.82 Å². The largest absolute Gasteiger partial charge is 0.282 e. The number of hydrogen-bond donors (Lipinski definition) is 1. The van der Waals surface area contributed by atoms with Gasteiger partial charge in [0.05, 0.1) is 11.9 Å². The Hall–Kier alpha value is -2.49. The van der Waals surface area contributed by atoms with Gasteiger partial charge < -0.3 is 0 Å². The van der Waals surface area contributed by atoms with Crippen molar-refractivity contribution in [2.45, 2.75) is 38.5 Å². The summed E-state index contributed by atoms with van der Waals surface area (Å²) < 4.78 is 13.3. The summed E-state index contributed by atoms with van der Waals surface area (Å²) >= 11 is 0. The zero-order chi connectivity index (χ0) is 16.1. The molecule has 0 saturated carbocycles. The van der Waals surface area contributed by atoms with Crippen molar-refractivity contribution < 1.29 is 4.39 Å². The highest BCUT2D eigenvalue weighted by molar-refractivity contribution is 5.79. The van der Waals surface area contributed by atoms with Gasteiger partial charge in [0.2, 0.25) is 0 Å². The number of H-pyrrole nitrogens is 1. The Labute approximate surface area is 140 Å². The van der Waals surface area contributed by atoms with Crippen molar-refractivity contribution in [2.24, 2.45) is 0 Å². The van der Waals surface area contributed by atoms with Crippen LogP contribution in [-0.4, -0.2) is 15.2 Å². The molecule has 4 heteroatoms. The third-order valence-electron chi connectivity index (χ3n) is 5.31.